The first-order valence-electron chi connectivity index (χ1n) is 16.1. The topological polar surface area (TPSA) is 38.8 Å². The highest BCUT2D eigenvalue weighted by Gasteiger charge is 2.52. The van der Waals surface area contributed by atoms with Gasteiger partial charge in [0.2, 0.25) is 0 Å². The van der Waals surface area contributed by atoms with Crippen molar-refractivity contribution in [1.82, 2.24) is 0 Å². The van der Waals surface area contributed by atoms with Crippen LogP contribution in [0.3, 0.4) is 0 Å². The van der Waals surface area contributed by atoms with Gasteiger partial charge in [0.15, 0.2) is 5.72 Å². The first-order valence-corrected chi connectivity index (χ1v) is 16.1. The van der Waals surface area contributed by atoms with E-state index in [1.54, 1.807) is 0 Å². The summed E-state index contributed by atoms with van der Waals surface area (Å²) in [6, 6.07) is 39.7. The largest absolute Gasteiger partial charge is 0.455 e. The monoisotopic (exact) mass is 599 g/mol. The van der Waals surface area contributed by atoms with Gasteiger partial charge in [0, 0.05) is 44.2 Å². The van der Waals surface area contributed by atoms with Crippen LogP contribution in [-0.2, 0) is 10.5 Å². The zero-order valence-corrected chi connectivity index (χ0v) is 26.3. The molecule has 4 nitrogen and oxygen atoms in total. The van der Waals surface area contributed by atoms with Gasteiger partial charge in [0.25, 0.3) is 5.91 Å². The standard InChI is InChI=1S/C42H33NO3/c1-24(2)28-19-13-20-29-25(3)46-42(4)34-23-32(27-16-9-6-10-17-27)40-38-36(30-18-11-12-21-35(30)45-40)31(26-14-7-5-8-15-26)22-33(37(34)38)41(44)43(42)39(28)29/h5-25H,1-4H3. The van der Waals surface area contributed by atoms with Gasteiger partial charge in [-0.25, -0.2) is 0 Å². The predicted octanol–water partition coefficient (Wildman–Crippen LogP) is 11.0. The molecule has 0 bridgehead atoms. The Bertz CT molecular complexity index is 2220. The number of para-hydroxylation sites is 2. The maximum Gasteiger partial charge on any atom is 0.261 e. The molecule has 0 saturated carbocycles. The van der Waals surface area contributed by atoms with Crippen LogP contribution in [0.25, 0.3) is 44.2 Å². The number of benzene rings is 6. The van der Waals surface area contributed by atoms with E-state index in [2.05, 4.69) is 119 Å². The minimum Gasteiger partial charge on any atom is -0.455 e. The molecule has 46 heavy (non-hydrogen) atoms. The number of nitrogens with zero attached hydrogens (tertiary/aromatic N) is 1. The second-order valence-corrected chi connectivity index (χ2v) is 13.1. The molecule has 3 aliphatic rings. The van der Waals surface area contributed by atoms with Gasteiger partial charge < -0.3 is 9.47 Å². The first kappa shape index (κ1) is 27.1. The molecule has 0 aliphatic carbocycles. The lowest BCUT2D eigenvalue weighted by Crippen LogP contribution is -2.55. The lowest BCUT2D eigenvalue weighted by atomic mass is 9.77. The molecule has 6 aromatic rings. The molecular weight excluding hydrogens is 566 g/mol. The van der Waals surface area contributed by atoms with Crippen molar-refractivity contribution in [2.75, 3.05) is 4.90 Å². The Labute approximate surface area is 268 Å². The second-order valence-electron chi connectivity index (χ2n) is 13.1. The maximum absolute atomic E-state index is 15.2. The molecule has 0 saturated heterocycles. The Morgan fingerprint density at radius 1 is 0.717 bits per heavy atom. The summed E-state index contributed by atoms with van der Waals surface area (Å²) in [5.74, 6) is 1.74. The zero-order chi connectivity index (χ0) is 31.3. The third kappa shape index (κ3) is 3.56. The van der Waals surface area contributed by atoms with Crippen LogP contribution in [0, 0.1) is 0 Å². The summed E-state index contributed by atoms with van der Waals surface area (Å²) in [5, 5.41) is 1.86. The molecule has 6 aromatic carbocycles. The minimum absolute atomic E-state index is 0.0581. The summed E-state index contributed by atoms with van der Waals surface area (Å²) in [6.07, 6.45) is -0.216. The van der Waals surface area contributed by atoms with Crippen LogP contribution in [0.5, 0.6) is 11.5 Å². The van der Waals surface area contributed by atoms with Crippen LogP contribution >= 0.6 is 0 Å². The summed E-state index contributed by atoms with van der Waals surface area (Å²) in [4.78, 5) is 17.1. The van der Waals surface area contributed by atoms with Crippen molar-refractivity contribution >= 4 is 22.4 Å². The quantitative estimate of drug-likeness (QED) is 0.203. The molecule has 224 valence electrons. The van der Waals surface area contributed by atoms with Crippen LogP contribution in [0.2, 0.25) is 0 Å². The molecule has 0 aromatic heterocycles. The molecular formula is C42H33NO3. The predicted molar refractivity (Wildman–Crippen MR) is 185 cm³/mol. The molecule has 9 rings (SSSR count). The molecule has 1 amide bonds. The number of ether oxygens (including phenoxy) is 2. The van der Waals surface area contributed by atoms with E-state index in [0.29, 0.717) is 5.56 Å². The number of carbonyl (C=O) groups is 1. The van der Waals surface area contributed by atoms with Crippen LogP contribution in [0.1, 0.15) is 66.8 Å². The maximum atomic E-state index is 15.2. The summed E-state index contributed by atoms with van der Waals surface area (Å²) in [7, 11) is 0. The van der Waals surface area contributed by atoms with E-state index >= 15 is 4.79 Å². The van der Waals surface area contributed by atoms with Crippen molar-refractivity contribution in [3.8, 4) is 44.9 Å². The summed E-state index contributed by atoms with van der Waals surface area (Å²) in [5.41, 5.74) is 9.92. The highest BCUT2D eigenvalue weighted by Crippen LogP contribution is 2.60. The number of hydrogen-bond acceptors (Lipinski definition) is 3. The summed E-state index contributed by atoms with van der Waals surface area (Å²) in [6.45, 7) is 8.55. The average Bonchev–Trinajstić information content (AvgIpc) is 3.08. The number of rotatable bonds is 3. The first-order chi connectivity index (χ1) is 22.4. The van der Waals surface area contributed by atoms with Gasteiger partial charge in [-0.1, -0.05) is 111 Å². The number of fused-ring (bicyclic) bond motifs is 6. The highest BCUT2D eigenvalue weighted by molar-refractivity contribution is 6.25. The molecule has 0 spiro atoms. The summed E-state index contributed by atoms with van der Waals surface area (Å²) >= 11 is 0. The molecule has 2 atom stereocenters. The molecule has 0 fully saturated rings. The van der Waals surface area contributed by atoms with Crippen molar-refractivity contribution in [2.24, 2.45) is 0 Å². The molecule has 3 heterocycles. The number of hydrogen-bond donors (Lipinski definition) is 0. The average molecular weight is 600 g/mol. The van der Waals surface area contributed by atoms with E-state index in [-0.39, 0.29) is 17.9 Å². The van der Waals surface area contributed by atoms with E-state index in [1.807, 2.05) is 29.2 Å². The molecule has 3 aliphatic heterocycles. The fourth-order valence-corrected chi connectivity index (χ4v) is 7.98. The van der Waals surface area contributed by atoms with Gasteiger partial charge in [-0.15, -0.1) is 0 Å². The second kappa shape index (κ2) is 9.65. The normalized spacial score (nSPS) is 19.0. The number of anilines is 1. The Kier molecular flexibility index (Phi) is 5.70. The lowest BCUT2D eigenvalue weighted by molar-refractivity contribution is -0.0892. The molecule has 4 heteroatoms. The van der Waals surface area contributed by atoms with E-state index in [1.165, 1.54) is 0 Å². The lowest BCUT2D eigenvalue weighted by Gasteiger charge is -2.51. The van der Waals surface area contributed by atoms with Crippen molar-refractivity contribution < 1.29 is 14.3 Å². The third-order valence-electron chi connectivity index (χ3n) is 10.0. The fraction of sp³-hybridized carbons (Fsp3) is 0.167. The third-order valence-corrected chi connectivity index (χ3v) is 10.0. The van der Waals surface area contributed by atoms with Gasteiger partial charge in [-0.3, -0.25) is 9.69 Å². The van der Waals surface area contributed by atoms with E-state index in [9.17, 15) is 0 Å². The zero-order valence-electron chi connectivity index (χ0n) is 26.3. The number of amides is 1. The Balaban J connectivity index is 1.48. The van der Waals surface area contributed by atoms with Gasteiger partial charge in [0.1, 0.15) is 11.5 Å². The van der Waals surface area contributed by atoms with Gasteiger partial charge in [-0.2, -0.15) is 0 Å². The SMILES string of the molecule is CC(C)c1cccc2c1N1C(=O)c3cc(-c4ccccc4)c4c5c(c(-c6ccccc6)cc(c35)C1(C)OC2C)Oc1ccccc1-4. The highest BCUT2D eigenvalue weighted by atomic mass is 16.5. The van der Waals surface area contributed by atoms with Gasteiger partial charge in [-0.05, 0) is 60.2 Å². The van der Waals surface area contributed by atoms with Crippen molar-refractivity contribution in [3.05, 3.63) is 138 Å². The molecule has 0 radical (unpaired) electrons. The Hall–Kier alpha value is -5.19. The van der Waals surface area contributed by atoms with E-state index in [0.717, 1.165) is 78.0 Å². The Morgan fingerprint density at radius 2 is 1.39 bits per heavy atom. The van der Waals surface area contributed by atoms with Crippen LogP contribution in [0.15, 0.2) is 115 Å². The summed E-state index contributed by atoms with van der Waals surface area (Å²) < 4.78 is 13.9. The smallest absolute Gasteiger partial charge is 0.261 e. The van der Waals surface area contributed by atoms with Crippen LogP contribution in [0.4, 0.5) is 5.69 Å². The van der Waals surface area contributed by atoms with Crippen molar-refractivity contribution in [1.29, 1.82) is 0 Å². The van der Waals surface area contributed by atoms with Crippen LogP contribution in [-0.4, -0.2) is 5.91 Å². The molecule has 0 N–H and O–H groups in total. The van der Waals surface area contributed by atoms with E-state index in [4.69, 9.17) is 9.47 Å². The van der Waals surface area contributed by atoms with E-state index < -0.39 is 5.72 Å². The van der Waals surface area contributed by atoms with Gasteiger partial charge >= 0.3 is 0 Å². The fourth-order valence-electron chi connectivity index (χ4n) is 7.98. The minimum atomic E-state index is -1.05. The van der Waals surface area contributed by atoms with Crippen molar-refractivity contribution in [2.45, 2.75) is 45.4 Å². The Morgan fingerprint density at radius 3 is 2.11 bits per heavy atom. The van der Waals surface area contributed by atoms with Gasteiger partial charge in [0.05, 0.1) is 11.8 Å². The van der Waals surface area contributed by atoms with Crippen molar-refractivity contribution in [3.63, 3.8) is 0 Å². The number of carbonyl (C=O) groups excluding carboxylic acids is 1. The van der Waals surface area contributed by atoms with Crippen LogP contribution < -0.4 is 9.64 Å². The molecule has 2 unspecified atom stereocenters.